The third-order valence-electron chi connectivity index (χ3n) is 11.8. The highest BCUT2D eigenvalue weighted by atomic mass is 16.3. The monoisotopic (exact) mass is 442 g/mol. The third kappa shape index (κ3) is 3.33. The second-order valence-electron chi connectivity index (χ2n) is 13.7. The largest absolute Gasteiger partial charge is 0.393 e. The molecule has 4 rings (SSSR count). The second kappa shape index (κ2) is 7.98. The van der Waals surface area contributed by atoms with E-state index >= 15 is 0 Å². The zero-order valence-electron chi connectivity index (χ0n) is 22.2. The van der Waals surface area contributed by atoms with Crippen LogP contribution in [0.5, 0.6) is 0 Å². The Morgan fingerprint density at radius 1 is 0.969 bits per heavy atom. The molecular weight excluding hydrogens is 392 g/mol. The van der Waals surface area contributed by atoms with Crippen LogP contribution in [0.2, 0.25) is 0 Å². The minimum absolute atomic E-state index is 0.00888. The molecule has 0 radical (unpaired) electrons. The number of fused-ring (bicyclic) bond motifs is 4. The summed E-state index contributed by atoms with van der Waals surface area (Å²) in [6.45, 7) is 18.9. The van der Waals surface area contributed by atoms with Crippen molar-refractivity contribution in [3.05, 3.63) is 22.8 Å². The molecule has 2 nitrogen and oxygen atoms in total. The van der Waals surface area contributed by atoms with Crippen LogP contribution in [0.3, 0.4) is 0 Å². The quantitative estimate of drug-likeness (QED) is 0.444. The van der Waals surface area contributed by atoms with Crippen molar-refractivity contribution >= 4 is 0 Å². The van der Waals surface area contributed by atoms with Gasteiger partial charge < -0.3 is 10.2 Å². The molecule has 0 bridgehead atoms. The second-order valence-corrected chi connectivity index (χ2v) is 13.7. The van der Waals surface area contributed by atoms with Crippen LogP contribution in [0.1, 0.15) is 113 Å². The Labute approximate surface area is 198 Å². The first kappa shape index (κ1) is 24.5. The van der Waals surface area contributed by atoms with E-state index < -0.39 is 0 Å². The van der Waals surface area contributed by atoms with Gasteiger partial charge in [-0.05, 0) is 111 Å². The van der Waals surface area contributed by atoms with Gasteiger partial charge in [-0.3, -0.25) is 0 Å². The van der Waals surface area contributed by atoms with Crippen molar-refractivity contribution in [2.75, 3.05) is 0 Å². The fourth-order valence-electron chi connectivity index (χ4n) is 9.40. The van der Waals surface area contributed by atoms with E-state index in [0.717, 1.165) is 19.3 Å². The van der Waals surface area contributed by atoms with E-state index in [2.05, 4.69) is 61.5 Å². The molecule has 0 unspecified atom stereocenters. The minimum atomic E-state index is -0.238. The maximum atomic E-state index is 11.0. The molecule has 0 spiro atoms. The molecule has 2 N–H and O–H groups in total. The molecule has 0 aromatic carbocycles. The van der Waals surface area contributed by atoms with Gasteiger partial charge in [-0.2, -0.15) is 0 Å². The Morgan fingerprint density at radius 2 is 1.66 bits per heavy atom. The van der Waals surface area contributed by atoms with Crippen LogP contribution in [0, 0.1) is 39.4 Å². The summed E-state index contributed by atoms with van der Waals surface area (Å²) in [5.41, 5.74) is 5.70. The molecule has 0 aromatic heterocycles. The topological polar surface area (TPSA) is 40.5 Å². The summed E-state index contributed by atoms with van der Waals surface area (Å²) in [6.07, 6.45) is 12.2. The van der Waals surface area contributed by atoms with Gasteiger partial charge >= 0.3 is 0 Å². The maximum absolute atomic E-state index is 11.0. The molecule has 0 aromatic rings. The highest BCUT2D eigenvalue weighted by Crippen LogP contribution is 2.72. The fourth-order valence-corrected chi connectivity index (χ4v) is 9.40. The molecule has 32 heavy (non-hydrogen) atoms. The first-order valence-corrected chi connectivity index (χ1v) is 13.5. The number of allylic oxidation sites excluding steroid dienone is 3. The Balaban J connectivity index is 1.67. The summed E-state index contributed by atoms with van der Waals surface area (Å²) in [5.74, 6) is 1.53. The average Bonchev–Trinajstić information content (AvgIpc) is 3.00. The van der Waals surface area contributed by atoms with Crippen molar-refractivity contribution in [2.45, 2.75) is 125 Å². The number of rotatable bonds is 4. The van der Waals surface area contributed by atoms with Gasteiger partial charge in [0.2, 0.25) is 0 Å². The molecule has 2 saturated carbocycles. The molecule has 4 aliphatic carbocycles. The summed E-state index contributed by atoms with van der Waals surface area (Å²) < 4.78 is 0. The number of hydrogen-bond acceptors (Lipinski definition) is 2. The summed E-state index contributed by atoms with van der Waals surface area (Å²) in [5, 5.41) is 21.9. The van der Waals surface area contributed by atoms with Gasteiger partial charge in [0, 0.05) is 0 Å². The zero-order valence-corrected chi connectivity index (χ0v) is 22.2. The van der Waals surface area contributed by atoms with Crippen LogP contribution < -0.4 is 0 Å². The van der Waals surface area contributed by atoms with Crippen molar-refractivity contribution in [1.82, 2.24) is 0 Å². The molecule has 0 amide bonds. The SMILES string of the molecule is CC(C)=CC[C@H](O)[C@H](C)[C@@H]1CC[C@]2(C)C3=C(CC[C@@]12C)[C@]1(C)CC[C@@H](O)C(C)(C)[C@H]1CC3. The molecule has 8 atom stereocenters. The van der Waals surface area contributed by atoms with Crippen molar-refractivity contribution < 1.29 is 10.2 Å². The normalized spacial score (nSPS) is 44.9. The van der Waals surface area contributed by atoms with E-state index in [9.17, 15) is 10.2 Å². The Kier molecular flexibility index (Phi) is 6.11. The van der Waals surface area contributed by atoms with Gasteiger partial charge in [-0.15, -0.1) is 0 Å². The lowest BCUT2D eigenvalue weighted by Gasteiger charge is -2.62. The van der Waals surface area contributed by atoms with Crippen molar-refractivity contribution in [1.29, 1.82) is 0 Å². The van der Waals surface area contributed by atoms with Gasteiger partial charge in [0.1, 0.15) is 0 Å². The van der Waals surface area contributed by atoms with E-state index in [1.165, 1.54) is 44.1 Å². The lowest BCUT2D eigenvalue weighted by atomic mass is 9.43. The Morgan fingerprint density at radius 3 is 2.31 bits per heavy atom. The molecule has 0 aliphatic heterocycles. The molecule has 182 valence electrons. The molecule has 2 fully saturated rings. The maximum Gasteiger partial charge on any atom is 0.0603 e. The van der Waals surface area contributed by atoms with E-state index in [0.29, 0.717) is 17.8 Å². The highest BCUT2D eigenvalue weighted by Gasteiger charge is 2.63. The fraction of sp³-hybridized carbons (Fsp3) is 0.867. The Hall–Kier alpha value is -0.600. The summed E-state index contributed by atoms with van der Waals surface area (Å²) in [7, 11) is 0. The highest BCUT2D eigenvalue weighted by molar-refractivity contribution is 5.38. The summed E-state index contributed by atoms with van der Waals surface area (Å²) in [6, 6.07) is 0. The third-order valence-corrected chi connectivity index (χ3v) is 11.8. The van der Waals surface area contributed by atoms with Gasteiger partial charge in [0.15, 0.2) is 0 Å². The van der Waals surface area contributed by atoms with E-state index in [-0.39, 0.29) is 33.9 Å². The summed E-state index contributed by atoms with van der Waals surface area (Å²) >= 11 is 0. The molecule has 0 saturated heterocycles. The van der Waals surface area contributed by atoms with Gasteiger partial charge in [0.05, 0.1) is 12.2 Å². The van der Waals surface area contributed by atoms with Crippen LogP contribution in [-0.4, -0.2) is 22.4 Å². The van der Waals surface area contributed by atoms with Crippen LogP contribution in [-0.2, 0) is 0 Å². The first-order valence-electron chi connectivity index (χ1n) is 13.5. The minimum Gasteiger partial charge on any atom is -0.393 e. The Bertz CT molecular complexity index is 802. The van der Waals surface area contributed by atoms with Gasteiger partial charge in [-0.25, -0.2) is 0 Å². The van der Waals surface area contributed by atoms with Crippen LogP contribution in [0.4, 0.5) is 0 Å². The summed E-state index contributed by atoms with van der Waals surface area (Å²) in [4.78, 5) is 0. The lowest BCUT2D eigenvalue weighted by Crippen LogP contribution is -2.55. The van der Waals surface area contributed by atoms with Gasteiger partial charge in [-0.1, -0.05) is 64.3 Å². The van der Waals surface area contributed by atoms with E-state index in [1.54, 1.807) is 11.1 Å². The van der Waals surface area contributed by atoms with E-state index in [1.807, 2.05) is 0 Å². The number of aliphatic hydroxyl groups excluding tert-OH is 2. The van der Waals surface area contributed by atoms with Crippen LogP contribution in [0.15, 0.2) is 22.8 Å². The standard InChI is InChI=1S/C30H50O2/c1-19(2)9-11-24(31)20(3)21-13-17-30(8)23-10-12-25-27(4,5)26(32)15-16-28(25,6)22(23)14-18-29(21,30)7/h9,20-21,24-26,31-32H,10-18H2,1-8H3/t20-,21+,24+,25-,26-,28+,29+,30-/m1/s1. The van der Waals surface area contributed by atoms with Crippen molar-refractivity contribution in [2.24, 2.45) is 39.4 Å². The van der Waals surface area contributed by atoms with Crippen molar-refractivity contribution in [3.63, 3.8) is 0 Å². The van der Waals surface area contributed by atoms with Crippen molar-refractivity contribution in [3.8, 4) is 0 Å². The molecule has 0 heterocycles. The average molecular weight is 443 g/mol. The predicted molar refractivity (Wildman–Crippen MR) is 134 cm³/mol. The van der Waals surface area contributed by atoms with Crippen LogP contribution >= 0.6 is 0 Å². The van der Waals surface area contributed by atoms with E-state index in [4.69, 9.17) is 0 Å². The predicted octanol–water partition coefficient (Wildman–Crippen LogP) is 7.45. The molecule has 4 aliphatic rings. The van der Waals surface area contributed by atoms with Gasteiger partial charge in [0.25, 0.3) is 0 Å². The first-order chi connectivity index (χ1) is 14.8. The number of aliphatic hydroxyl groups is 2. The zero-order chi connectivity index (χ0) is 23.7. The number of hydrogen-bond donors (Lipinski definition) is 2. The van der Waals surface area contributed by atoms with Crippen LogP contribution in [0.25, 0.3) is 0 Å². The molecular formula is C30H50O2. The molecule has 2 heteroatoms. The lowest BCUT2D eigenvalue weighted by molar-refractivity contribution is -0.0969. The smallest absolute Gasteiger partial charge is 0.0603 e.